The summed E-state index contributed by atoms with van der Waals surface area (Å²) >= 11 is 0. The molecule has 0 radical (unpaired) electrons. The molecule has 0 aliphatic heterocycles. The minimum Gasteiger partial charge on any atom is -0.384 e. The molecule has 2 aromatic carbocycles. The van der Waals surface area contributed by atoms with E-state index in [1.807, 2.05) is 18.2 Å². The zero-order valence-electron chi connectivity index (χ0n) is 12.3. The smallest absolute Gasteiger partial charge is 0.158 e. The monoisotopic (exact) mass is 295 g/mol. The normalized spacial score (nSPS) is 18.0. The average Bonchev–Trinajstić information content (AvgIpc) is 2.55. The molecule has 1 N–H and O–H groups in total. The topological polar surface area (TPSA) is 29.1 Å². The van der Waals surface area contributed by atoms with Crippen molar-refractivity contribution in [2.45, 2.75) is 25.3 Å². The number of allylic oxidation sites excluding steroid dienone is 2. The number of hydrogen-bond donors (Lipinski definition) is 1. The van der Waals surface area contributed by atoms with Gasteiger partial charge in [0.1, 0.15) is 5.82 Å². The van der Waals surface area contributed by atoms with Crippen LogP contribution in [0.25, 0.3) is 0 Å². The fourth-order valence-corrected chi connectivity index (χ4v) is 2.79. The highest BCUT2D eigenvalue weighted by atomic mass is 19.1. The lowest BCUT2D eigenvalue weighted by Crippen LogP contribution is -2.21. The summed E-state index contributed by atoms with van der Waals surface area (Å²) in [5.41, 5.74) is 3.15. The molecule has 0 unspecified atom stereocenters. The third-order valence-corrected chi connectivity index (χ3v) is 3.95. The van der Waals surface area contributed by atoms with Gasteiger partial charge in [-0.15, -0.1) is 0 Å². The average molecular weight is 295 g/mol. The lowest BCUT2D eigenvalue weighted by Gasteiger charge is -2.23. The van der Waals surface area contributed by atoms with E-state index in [0.29, 0.717) is 13.0 Å². The molecular formula is C19H18FNO. The highest BCUT2D eigenvalue weighted by Gasteiger charge is 2.21. The standard InChI is InChI=1S/C19H18FNO/c20-17-8-6-14(7-9-17)13-21-18-10-16(11-19(22)12-18)15-4-2-1-3-5-15/h1-9,12,16,21H,10-11,13H2/t16-/m1/s1. The summed E-state index contributed by atoms with van der Waals surface area (Å²) in [5.74, 6) is 0.149. The molecule has 0 heterocycles. The van der Waals surface area contributed by atoms with Crippen LogP contribution in [0.15, 0.2) is 66.4 Å². The van der Waals surface area contributed by atoms with Gasteiger partial charge in [-0.2, -0.15) is 0 Å². The Morgan fingerprint density at radius 1 is 1.00 bits per heavy atom. The molecule has 1 atom stereocenters. The largest absolute Gasteiger partial charge is 0.384 e. The zero-order valence-corrected chi connectivity index (χ0v) is 12.3. The van der Waals surface area contributed by atoms with Gasteiger partial charge in [0, 0.05) is 24.7 Å². The first kappa shape index (κ1) is 14.5. The lowest BCUT2D eigenvalue weighted by molar-refractivity contribution is -0.115. The summed E-state index contributed by atoms with van der Waals surface area (Å²) < 4.78 is 12.9. The predicted octanol–water partition coefficient (Wildman–Crippen LogP) is 3.95. The van der Waals surface area contributed by atoms with Crippen molar-refractivity contribution in [1.29, 1.82) is 0 Å². The fourth-order valence-electron chi connectivity index (χ4n) is 2.79. The van der Waals surface area contributed by atoms with Crippen molar-refractivity contribution in [2.24, 2.45) is 0 Å². The number of rotatable bonds is 4. The van der Waals surface area contributed by atoms with Crippen molar-refractivity contribution in [3.8, 4) is 0 Å². The van der Waals surface area contributed by atoms with Crippen molar-refractivity contribution in [1.82, 2.24) is 5.32 Å². The molecule has 0 aromatic heterocycles. The van der Waals surface area contributed by atoms with Gasteiger partial charge in [0.15, 0.2) is 5.78 Å². The SMILES string of the molecule is O=C1C=C(NCc2ccc(F)cc2)C[C@@H](c2ccccc2)C1. The summed E-state index contributed by atoms with van der Waals surface area (Å²) in [6, 6.07) is 16.5. The molecule has 1 aliphatic rings. The van der Waals surface area contributed by atoms with E-state index >= 15 is 0 Å². The summed E-state index contributed by atoms with van der Waals surface area (Å²) in [7, 11) is 0. The third-order valence-electron chi connectivity index (χ3n) is 3.95. The Labute approximate surface area is 129 Å². The van der Waals surface area contributed by atoms with Crippen LogP contribution in [0.3, 0.4) is 0 Å². The van der Waals surface area contributed by atoms with Crippen molar-refractivity contribution >= 4 is 5.78 Å². The Bertz CT molecular complexity index is 676. The summed E-state index contributed by atoms with van der Waals surface area (Å²) in [6.45, 7) is 0.598. The van der Waals surface area contributed by atoms with Crippen LogP contribution in [0.4, 0.5) is 4.39 Å². The van der Waals surface area contributed by atoms with E-state index in [1.54, 1.807) is 18.2 Å². The summed E-state index contributed by atoms with van der Waals surface area (Å²) in [4.78, 5) is 11.9. The maximum absolute atomic E-state index is 12.9. The number of carbonyl (C=O) groups is 1. The van der Waals surface area contributed by atoms with Gasteiger partial charge in [0.25, 0.3) is 0 Å². The molecule has 3 rings (SSSR count). The van der Waals surface area contributed by atoms with Crippen molar-refractivity contribution in [3.05, 3.63) is 83.3 Å². The van der Waals surface area contributed by atoms with Gasteiger partial charge < -0.3 is 5.32 Å². The molecule has 1 aliphatic carbocycles. The number of ketones is 1. The molecule has 0 bridgehead atoms. The second-order valence-corrected chi connectivity index (χ2v) is 5.63. The van der Waals surface area contributed by atoms with E-state index in [9.17, 15) is 9.18 Å². The van der Waals surface area contributed by atoms with Crippen LogP contribution in [-0.2, 0) is 11.3 Å². The molecule has 2 aromatic rings. The predicted molar refractivity (Wildman–Crippen MR) is 84.7 cm³/mol. The van der Waals surface area contributed by atoms with E-state index in [1.165, 1.54) is 17.7 Å². The van der Waals surface area contributed by atoms with Crippen molar-refractivity contribution < 1.29 is 9.18 Å². The first-order valence-corrected chi connectivity index (χ1v) is 7.47. The van der Waals surface area contributed by atoms with Crippen LogP contribution in [0, 0.1) is 5.82 Å². The van der Waals surface area contributed by atoms with E-state index < -0.39 is 0 Å². The quantitative estimate of drug-likeness (QED) is 0.925. The molecule has 22 heavy (non-hydrogen) atoms. The van der Waals surface area contributed by atoms with E-state index in [2.05, 4.69) is 17.4 Å². The first-order chi connectivity index (χ1) is 10.7. The fraction of sp³-hybridized carbons (Fsp3) is 0.211. The number of carbonyl (C=O) groups excluding carboxylic acids is 1. The van der Waals surface area contributed by atoms with Crippen LogP contribution in [0.5, 0.6) is 0 Å². The van der Waals surface area contributed by atoms with Crippen LogP contribution in [0.1, 0.15) is 29.9 Å². The molecule has 3 heteroatoms. The number of hydrogen-bond acceptors (Lipinski definition) is 2. The summed E-state index contributed by atoms with van der Waals surface area (Å²) in [6.07, 6.45) is 3.09. The van der Waals surface area contributed by atoms with Gasteiger partial charge >= 0.3 is 0 Å². The van der Waals surface area contributed by atoms with Crippen molar-refractivity contribution in [2.75, 3.05) is 0 Å². The molecule has 0 saturated heterocycles. The van der Waals surface area contributed by atoms with Crippen LogP contribution < -0.4 is 5.32 Å². The Morgan fingerprint density at radius 3 is 2.45 bits per heavy atom. The Hall–Kier alpha value is -2.42. The van der Waals surface area contributed by atoms with Crippen LogP contribution in [-0.4, -0.2) is 5.78 Å². The lowest BCUT2D eigenvalue weighted by atomic mass is 9.85. The number of benzene rings is 2. The second-order valence-electron chi connectivity index (χ2n) is 5.63. The molecule has 0 amide bonds. The van der Waals surface area contributed by atoms with Crippen LogP contribution in [0.2, 0.25) is 0 Å². The zero-order chi connectivity index (χ0) is 15.4. The Balaban J connectivity index is 1.66. The van der Waals surface area contributed by atoms with Crippen LogP contribution >= 0.6 is 0 Å². The molecule has 0 spiro atoms. The first-order valence-electron chi connectivity index (χ1n) is 7.47. The maximum Gasteiger partial charge on any atom is 0.158 e. The van der Waals surface area contributed by atoms with E-state index in [4.69, 9.17) is 0 Å². The Morgan fingerprint density at radius 2 is 1.73 bits per heavy atom. The molecular weight excluding hydrogens is 277 g/mol. The third kappa shape index (κ3) is 3.61. The van der Waals surface area contributed by atoms with Gasteiger partial charge in [-0.25, -0.2) is 4.39 Å². The van der Waals surface area contributed by atoms with Gasteiger partial charge in [-0.1, -0.05) is 42.5 Å². The molecule has 0 saturated carbocycles. The molecule has 112 valence electrons. The van der Waals surface area contributed by atoms with Gasteiger partial charge in [0.2, 0.25) is 0 Å². The number of halogens is 1. The second kappa shape index (κ2) is 6.56. The maximum atomic E-state index is 12.9. The van der Waals surface area contributed by atoms with Gasteiger partial charge in [-0.05, 0) is 35.6 Å². The van der Waals surface area contributed by atoms with Crippen molar-refractivity contribution in [3.63, 3.8) is 0 Å². The van der Waals surface area contributed by atoms with E-state index in [0.717, 1.165) is 17.7 Å². The minimum absolute atomic E-state index is 0.154. The number of nitrogens with one attached hydrogen (secondary N) is 1. The highest BCUT2D eigenvalue weighted by molar-refractivity contribution is 5.91. The minimum atomic E-state index is -0.236. The highest BCUT2D eigenvalue weighted by Crippen LogP contribution is 2.30. The van der Waals surface area contributed by atoms with Gasteiger partial charge in [0.05, 0.1) is 0 Å². The van der Waals surface area contributed by atoms with E-state index in [-0.39, 0.29) is 17.5 Å². The summed E-state index contributed by atoms with van der Waals surface area (Å²) in [5, 5.41) is 3.31. The van der Waals surface area contributed by atoms with Gasteiger partial charge in [-0.3, -0.25) is 4.79 Å². The Kier molecular flexibility index (Phi) is 4.33. The molecule has 2 nitrogen and oxygen atoms in total. The molecule has 0 fully saturated rings.